The molecule has 2 N–H and O–H groups in total. The van der Waals surface area contributed by atoms with Gasteiger partial charge in [0.25, 0.3) is 0 Å². The molecule has 16 heavy (non-hydrogen) atoms. The highest BCUT2D eigenvalue weighted by Gasteiger charge is 2.05. The van der Waals surface area contributed by atoms with E-state index in [0.29, 0.717) is 6.42 Å². The molecule has 1 atom stereocenters. The van der Waals surface area contributed by atoms with E-state index in [1.54, 1.807) is 0 Å². The molecule has 0 amide bonds. The van der Waals surface area contributed by atoms with Crippen LogP contribution in [0.5, 0.6) is 0 Å². The summed E-state index contributed by atoms with van der Waals surface area (Å²) in [6.45, 7) is 4.12. The Morgan fingerprint density at radius 3 is 2.88 bits per heavy atom. The van der Waals surface area contributed by atoms with E-state index in [-0.39, 0.29) is 12.5 Å². The number of hydrogen-bond donors (Lipinski definition) is 2. The van der Waals surface area contributed by atoms with E-state index in [0.717, 1.165) is 12.1 Å². The number of aliphatic carboxylic acids is 1. The van der Waals surface area contributed by atoms with E-state index in [1.807, 2.05) is 19.1 Å². The lowest BCUT2D eigenvalue weighted by atomic mass is 10.1. The first-order valence-corrected chi connectivity index (χ1v) is 5.69. The van der Waals surface area contributed by atoms with Gasteiger partial charge in [-0.05, 0) is 37.5 Å². The van der Waals surface area contributed by atoms with Crippen LogP contribution in [0.3, 0.4) is 0 Å². The molecule has 3 heteroatoms. The van der Waals surface area contributed by atoms with Crippen molar-refractivity contribution in [2.24, 2.45) is 0 Å². The third kappa shape index (κ3) is 4.34. The summed E-state index contributed by atoms with van der Waals surface area (Å²) in [6, 6.07) is 8.41. The van der Waals surface area contributed by atoms with Crippen molar-refractivity contribution in [3.63, 3.8) is 0 Å². The first-order chi connectivity index (χ1) is 7.61. The van der Waals surface area contributed by atoms with E-state index >= 15 is 0 Å². The lowest BCUT2D eigenvalue weighted by Gasteiger charge is -2.14. The zero-order valence-electron chi connectivity index (χ0n) is 9.86. The van der Waals surface area contributed by atoms with Gasteiger partial charge in [-0.15, -0.1) is 0 Å². The Hall–Kier alpha value is -1.51. The number of hydrogen-bond acceptors (Lipinski definition) is 2. The lowest BCUT2D eigenvalue weighted by molar-refractivity contribution is -0.137. The van der Waals surface area contributed by atoms with Crippen LogP contribution in [0, 0.1) is 0 Å². The monoisotopic (exact) mass is 221 g/mol. The van der Waals surface area contributed by atoms with Gasteiger partial charge in [-0.2, -0.15) is 0 Å². The number of rotatable bonds is 6. The summed E-state index contributed by atoms with van der Waals surface area (Å²) in [5, 5.41) is 11.9. The molecule has 0 heterocycles. The highest BCUT2D eigenvalue weighted by atomic mass is 16.4. The number of carbonyl (C=O) groups is 1. The standard InChI is InChI=1S/C13H19NO2/c1-3-11-5-4-6-12(9-11)14-10(2)7-8-13(15)16/h4-6,9-10,14H,3,7-8H2,1-2H3,(H,15,16). The second-order valence-electron chi connectivity index (χ2n) is 4.03. The average molecular weight is 221 g/mol. The van der Waals surface area contributed by atoms with Crippen molar-refractivity contribution in [3.8, 4) is 0 Å². The van der Waals surface area contributed by atoms with Gasteiger partial charge in [0, 0.05) is 18.2 Å². The molecule has 1 rings (SSSR count). The Labute approximate surface area is 96.5 Å². The summed E-state index contributed by atoms with van der Waals surface area (Å²) in [6.07, 6.45) is 1.87. The van der Waals surface area contributed by atoms with E-state index in [2.05, 4.69) is 24.4 Å². The molecule has 1 aromatic rings. The molecule has 0 aliphatic rings. The van der Waals surface area contributed by atoms with Gasteiger partial charge in [-0.3, -0.25) is 4.79 Å². The molecule has 0 aliphatic heterocycles. The van der Waals surface area contributed by atoms with Gasteiger partial charge < -0.3 is 10.4 Å². The molecule has 3 nitrogen and oxygen atoms in total. The Kier molecular flexibility index (Phi) is 4.83. The van der Waals surface area contributed by atoms with Crippen LogP contribution in [0.4, 0.5) is 5.69 Å². The molecule has 0 saturated heterocycles. The summed E-state index contributed by atoms with van der Waals surface area (Å²) in [7, 11) is 0. The van der Waals surface area contributed by atoms with E-state index in [1.165, 1.54) is 5.56 Å². The quantitative estimate of drug-likeness (QED) is 0.776. The van der Waals surface area contributed by atoms with Crippen molar-refractivity contribution < 1.29 is 9.90 Å². The minimum atomic E-state index is -0.740. The predicted octanol–water partition coefficient (Wildman–Crippen LogP) is 2.91. The van der Waals surface area contributed by atoms with E-state index in [9.17, 15) is 4.79 Å². The zero-order chi connectivity index (χ0) is 12.0. The Morgan fingerprint density at radius 2 is 2.25 bits per heavy atom. The van der Waals surface area contributed by atoms with Crippen LogP contribution in [0.25, 0.3) is 0 Å². The van der Waals surface area contributed by atoms with Crippen molar-refractivity contribution in [1.82, 2.24) is 0 Å². The Bertz CT molecular complexity index is 350. The van der Waals surface area contributed by atoms with Crippen molar-refractivity contribution in [2.45, 2.75) is 39.2 Å². The number of carboxylic acid groups (broad SMARTS) is 1. The molecule has 0 fully saturated rings. The zero-order valence-corrected chi connectivity index (χ0v) is 9.86. The maximum absolute atomic E-state index is 10.4. The third-order valence-corrected chi connectivity index (χ3v) is 2.54. The van der Waals surface area contributed by atoms with Crippen LogP contribution in [0.2, 0.25) is 0 Å². The van der Waals surface area contributed by atoms with Gasteiger partial charge in [-0.1, -0.05) is 19.1 Å². The average Bonchev–Trinajstić information content (AvgIpc) is 2.26. The fourth-order valence-corrected chi connectivity index (χ4v) is 1.58. The minimum absolute atomic E-state index is 0.184. The van der Waals surface area contributed by atoms with Gasteiger partial charge in [0.1, 0.15) is 0 Å². The summed E-state index contributed by atoms with van der Waals surface area (Å²) in [4.78, 5) is 10.4. The molecule has 88 valence electrons. The lowest BCUT2D eigenvalue weighted by Crippen LogP contribution is -2.16. The summed E-state index contributed by atoms with van der Waals surface area (Å²) in [5.74, 6) is -0.740. The van der Waals surface area contributed by atoms with Crippen molar-refractivity contribution in [2.75, 3.05) is 5.32 Å². The number of carboxylic acids is 1. The summed E-state index contributed by atoms with van der Waals surface area (Å²) in [5.41, 5.74) is 2.35. The Balaban J connectivity index is 2.48. The summed E-state index contributed by atoms with van der Waals surface area (Å²) < 4.78 is 0. The normalized spacial score (nSPS) is 12.1. The molecule has 0 spiro atoms. The minimum Gasteiger partial charge on any atom is -0.481 e. The highest BCUT2D eigenvalue weighted by molar-refractivity contribution is 5.66. The van der Waals surface area contributed by atoms with Gasteiger partial charge in [-0.25, -0.2) is 0 Å². The maximum Gasteiger partial charge on any atom is 0.303 e. The second-order valence-corrected chi connectivity index (χ2v) is 4.03. The number of anilines is 1. The first kappa shape index (κ1) is 12.6. The maximum atomic E-state index is 10.4. The van der Waals surface area contributed by atoms with E-state index < -0.39 is 5.97 Å². The second kappa shape index (κ2) is 6.16. The number of benzene rings is 1. The van der Waals surface area contributed by atoms with Crippen LogP contribution < -0.4 is 5.32 Å². The van der Waals surface area contributed by atoms with Gasteiger partial charge in [0.05, 0.1) is 0 Å². The van der Waals surface area contributed by atoms with Gasteiger partial charge in [0.15, 0.2) is 0 Å². The smallest absolute Gasteiger partial charge is 0.303 e. The van der Waals surface area contributed by atoms with Crippen LogP contribution in [0.1, 0.15) is 32.3 Å². The topological polar surface area (TPSA) is 49.3 Å². The molecule has 0 saturated carbocycles. The molecular weight excluding hydrogens is 202 g/mol. The van der Waals surface area contributed by atoms with E-state index in [4.69, 9.17) is 5.11 Å². The van der Waals surface area contributed by atoms with Crippen LogP contribution in [0.15, 0.2) is 24.3 Å². The van der Waals surface area contributed by atoms with Crippen molar-refractivity contribution in [1.29, 1.82) is 0 Å². The summed E-state index contributed by atoms with van der Waals surface area (Å²) >= 11 is 0. The fourth-order valence-electron chi connectivity index (χ4n) is 1.58. The molecule has 0 radical (unpaired) electrons. The SMILES string of the molecule is CCc1cccc(NC(C)CCC(=O)O)c1. The fraction of sp³-hybridized carbons (Fsp3) is 0.462. The number of aryl methyl sites for hydroxylation is 1. The van der Waals surface area contributed by atoms with Crippen LogP contribution >= 0.6 is 0 Å². The van der Waals surface area contributed by atoms with Gasteiger partial charge >= 0.3 is 5.97 Å². The van der Waals surface area contributed by atoms with Gasteiger partial charge in [0.2, 0.25) is 0 Å². The number of nitrogens with one attached hydrogen (secondary N) is 1. The third-order valence-electron chi connectivity index (χ3n) is 2.54. The predicted molar refractivity (Wildman–Crippen MR) is 65.8 cm³/mol. The van der Waals surface area contributed by atoms with Crippen LogP contribution in [-0.4, -0.2) is 17.1 Å². The molecule has 1 aromatic carbocycles. The first-order valence-electron chi connectivity index (χ1n) is 5.69. The largest absolute Gasteiger partial charge is 0.481 e. The molecule has 0 aliphatic carbocycles. The Morgan fingerprint density at radius 1 is 1.50 bits per heavy atom. The molecule has 0 aromatic heterocycles. The van der Waals surface area contributed by atoms with Crippen molar-refractivity contribution in [3.05, 3.63) is 29.8 Å². The molecule has 1 unspecified atom stereocenters. The van der Waals surface area contributed by atoms with Crippen molar-refractivity contribution >= 4 is 11.7 Å². The molecule has 0 bridgehead atoms. The highest BCUT2D eigenvalue weighted by Crippen LogP contribution is 2.13. The van der Waals surface area contributed by atoms with Crippen LogP contribution in [-0.2, 0) is 11.2 Å². The molecular formula is C13H19NO2.